The lowest BCUT2D eigenvalue weighted by molar-refractivity contribution is -0.177. The molecule has 23 heavy (non-hydrogen) atoms. The van der Waals surface area contributed by atoms with Gasteiger partial charge >= 0.3 is 0 Å². The van der Waals surface area contributed by atoms with Gasteiger partial charge in [-0.05, 0) is 43.9 Å². The van der Waals surface area contributed by atoms with Crippen molar-refractivity contribution in [1.29, 1.82) is 5.26 Å². The third kappa shape index (κ3) is 1.71. The molecule has 4 aliphatic rings. The third-order valence-corrected chi connectivity index (χ3v) is 7.83. The van der Waals surface area contributed by atoms with E-state index in [-0.39, 0.29) is 16.7 Å². The minimum absolute atomic E-state index is 0.0716. The van der Waals surface area contributed by atoms with Crippen molar-refractivity contribution in [2.45, 2.75) is 64.4 Å². The molecule has 0 unspecified atom stereocenters. The smallest absolute Gasteiger partial charge is 0.136 e. The minimum atomic E-state index is -0.722. The maximum Gasteiger partial charge on any atom is 0.136 e. The van der Waals surface area contributed by atoms with Gasteiger partial charge in [-0.1, -0.05) is 31.6 Å². The Labute approximate surface area is 138 Å². The Morgan fingerprint density at radius 2 is 1.91 bits per heavy atom. The van der Waals surface area contributed by atoms with Crippen molar-refractivity contribution in [3.63, 3.8) is 0 Å². The largest absolute Gasteiger partial charge is 0.389 e. The lowest BCUT2D eigenvalue weighted by atomic mass is 9.45. The van der Waals surface area contributed by atoms with E-state index < -0.39 is 5.60 Å². The summed E-state index contributed by atoms with van der Waals surface area (Å²) in [4.78, 5) is 11.9. The summed E-state index contributed by atoms with van der Waals surface area (Å²) in [6.45, 7) is 4.39. The molecular weight excluding hydrogens is 286 g/mol. The molecule has 5 atom stereocenters. The number of hydrogen-bond acceptors (Lipinski definition) is 3. The van der Waals surface area contributed by atoms with Gasteiger partial charge < -0.3 is 5.11 Å². The van der Waals surface area contributed by atoms with Crippen LogP contribution in [0.25, 0.3) is 0 Å². The first-order valence-corrected chi connectivity index (χ1v) is 8.89. The van der Waals surface area contributed by atoms with Crippen LogP contribution in [0, 0.1) is 34.0 Å². The van der Waals surface area contributed by atoms with Gasteiger partial charge in [0.1, 0.15) is 5.78 Å². The fraction of sp³-hybridized carbons (Fsp3) is 0.700. The monoisotopic (exact) mass is 311 g/mol. The van der Waals surface area contributed by atoms with E-state index in [0.29, 0.717) is 24.5 Å². The number of allylic oxidation sites excluding steroid dienone is 3. The Kier molecular flexibility index (Phi) is 3.01. The lowest BCUT2D eigenvalue weighted by Crippen LogP contribution is -2.62. The summed E-state index contributed by atoms with van der Waals surface area (Å²) >= 11 is 0. The first kappa shape index (κ1) is 15.1. The molecule has 1 N–H and O–H groups in total. The molecule has 3 heteroatoms. The summed E-state index contributed by atoms with van der Waals surface area (Å²) in [7, 11) is 0. The highest BCUT2D eigenvalue weighted by Gasteiger charge is 2.64. The first-order valence-electron chi connectivity index (χ1n) is 8.89. The molecule has 3 nitrogen and oxygen atoms in total. The van der Waals surface area contributed by atoms with E-state index in [9.17, 15) is 15.2 Å². The van der Waals surface area contributed by atoms with E-state index in [1.54, 1.807) is 0 Å². The minimum Gasteiger partial charge on any atom is -0.389 e. The number of fused-ring (bicyclic) bond motifs is 5. The van der Waals surface area contributed by atoms with Gasteiger partial charge in [0.2, 0.25) is 0 Å². The molecule has 0 amide bonds. The molecule has 0 bridgehead atoms. The molecule has 0 aromatic heterocycles. The molecule has 0 aromatic carbocycles. The van der Waals surface area contributed by atoms with Crippen molar-refractivity contribution in [2.24, 2.45) is 22.7 Å². The van der Waals surface area contributed by atoms with Gasteiger partial charge in [0, 0.05) is 29.2 Å². The van der Waals surface area contributed by atoms with E-state index in [1.807, 2.05) is 0 Å². The maximum atomic E-state index is 11.9. The van der Waals surface area contributed by atoms with Crippen molar-refractivity contribution in [3.8, 4) is 6.07 Å². The number of rotatable bonds is 0. The molecule has 2 fully saturated rings. The third-order valence-electron chi connectivity index (χ3n) is 7.83. The molecule has 0 saturated heterocycles. The van der Waals surface area contributed by atoms with Gasteiger partial charge in [0.15, 0.2) is 0 Å². The molecule has 0 radical (unpaired) electrons. The zero-order chi connectivity index (χ0) is 16.5. The van der Waals surface area contributed by atoms with E-state index in [2.05, 4.69) is 32.1 Å². The number of nitriles is 1. The fourth-order valence-corrected chi connectivity index (χ4v) is 6.16. The molecular formula is C20H25NO2. The van der Waals surface area contributed by atoms with Gasteiger partial charge in [-0.15, -0.1) is 0 Å². The van der Waals surface area contributed by atoms with Gasteiger partial charge in [0.05, 0.1) is 11.7 Å². The standard InChI is InChI=1S/C20H25NO2/c1-18-9-10-20(23)17(16(18)5-4-14(18)12-21)6-3-13-11-15(22)7-8-19(13,20)2/h3-4,16-17,23H,5-11H2,1-2H3/t16-,17-,18+,19-,20+/m0/s1. The predicted octanol–water partition coefficient (Wildman–Crippen LogP) is 3.69. The number of hydrogen-bond donors (Lipinski definition) is 1. The van der Waals surface area contributed by atoms with E-state index in [0.717, 1.165) is 37.7 Å². The first-order chi connectivity index (χ1) is 10.8. The summed E-state index contributed by atoms with van der Waals surface area (Å²) in [5.74, 6) is 0.860. The highest BCUT2D eigenvalue weighted by atomic mass is 16.3. The average molecular weight is 311 g/mol. The molecule has 0 heterocycles. The Bertz CT molecular complexity index is 684. The molecule has 0 aromatic rings. The molecule has 122 valence electrons. The van der Waals surface area contributed by atoms with Crippen LogP contribution in [0.3, 0.4) is 0 Å². The lowest BCUT2D eigenvalue weighted by Gasteiger charge is -2.61. The zero-order valence-corrected chi connectivity index (χ0v) is 14.1. The topological polar surface area (TPSA) is 61.1 Å². The fourth-order valence-electron chi connectivity index (χ4n) is 6.16. The van der Waals surface area contributed by atoms with Crippen molar-refractivity contribution in [2.75, 3.05) is 0 Å². The second kappa shape index (κ2) is 4.57. The van der Waals surface area contributed by atoms with Crippen LogP contribution in [-0.2, 0) is 4.79 Å². The highest BCUT2D eigenvalue weighted by molar-refractivity contribution is 5.83. The van der Waals surface area contributed by atoms with Crippen molar-refractivity contribution in [3.05, 3.63) is 23.3 Å². The summed E-state index contributed by atoms with van der Waals surface area (Å²) in [6.07, 6.45) is 9.60. The number of aliphatic hydroxyl groups is 1. The second-order valence-electron chi connectivity index (χ2n) is 8.53. The highest BCUT2D eigenvalue weighted by Crippen LogP contribution is 2.66. The van der Waals surface area contributed by atoms with Crippen LogP contribution in [0.5, 0.6) is 0 Å². The quantitative estimate of drug-likeness (QED) is 0.694. The van der Waals surface area contributed by atoms with Crippen LogP contribution in [-0.4, -0.2) is 16.5 Å². The van der Waals surface area contributed by atoms with Crippen LogP contribution in [0.15, 0.2) is 23.3 Å². The van der Waals surface area contributed by atoms with Crippen LogP contribution in [0.4, 0.5) is 0 Å². The molecule has 4 aliphatic carbocycles. The Morgan fingerprint density at radius 1 is 1.17 bits per heavy atom. The van der Waals surface area contributed by atoms with Crippen LogP contribution in [0.2, 0.25) is 0 Å². The molecule has 4 rings (SSSR count). The Morgan fingerprint density at radius 3 is 2.65 bits per heavy atom. The SMILES string of the molecule is C[C@]12CCC(=O)CC1=CC[C@H]1[C@@H]3CC=C(C#N)[C@@]3(C)CC[C@@]12O. The summed E-state index contributed by atoms with van der Waals surface area (Å²) in [5.41, 5.74) is 1.03. The van der Waals surface area contributed by atoms with Crippen molar-refractivity contribution >= 4 is 5.78 Å². The predicted molar refractivity (Wildman–Crippen MR) is 87.2 cm³/mol. The summed E-state index contributed by atoms with van der Waals surface area (Å²) in [6, 6.07) is 2.40. The maximum absolute atomic E-state index is 11.9. The number of nitrogens with zero attached hydrogens (tertiary/aromatic N) is 1. The van der Waals surface area contributed by atoms with Gasteiger partial charge in [-0.25, -0.2) is 0 Å². The van der Waals surface area contributed by atoms with Crippen LogP contribution >= 0.6 is 0 Å². The Hall–Kier alpha value is -1.40. The number of carbonyl (C=O) groups is 1. The second-order valence-corrected chi connectivity index (χ2v) is 8.53. The van der Waals surface area contributed by atoms with E-state index >= 15 is 0 Å². The van der Waals surface area contributed by atoms with Crippen molar-refractivity contribution < 1.29 is 9.90 Å². The van der Waals surface area contributed by atoms with E-state index in [1.165, 1.54) is 5.57 Å². The normalized spacial score (nSPS) is 48.5. The molecule has 2 saturated carbocycles. The van der Waals surface area contributed by atoms with E-state index in [4.69, 9.17) is 0 Å². The molecule has 0 aliphatic heterocycles. The van der Waals surface area contributed by atoms with Gasteiger partial charge in [-0.3, -0.25) is 4.79 Å². The van der Waals surface area contributed by atoms with Crippen LogP contribution in [0.1, 0.15) is 58.8 Å². The molecule has 0 spiro atoms. The number of ketones is 1. The number of carbonyl (C=O) groups excluding carboxylic acids is 1. The number of Topliss-reactive ketones (excluding diaryl/α,β-unsaturated/α-hetero) is 1. The summed E-state index contributed by atoms with van der Waals surface area (Å²) < 4.78 is 0. The van der Waals surface area contributed by atoms with Gasteiger partial charge in [-0.2, -0.15) is 5.26 Å². The Balaban J connectivity index is 1.76. The van der Waals surface area contributed by atoms with Crippen molar-refractivity contribution in [1.82, 2.24) is 0 Å². The van der Waals surface area contributed by atoms with Gasteiger partial charge in [0.25, 0.3) is 0 Å². The van der Waals surface area contributed by atoms with Crippen LogP contribution < -0.4 is 0 Å². The zero-order valence-electron chi connectivity index (χ0n) is 14.1. The summed E-state index contributed by atoms with van der Waals surface area (Å²) in [5, 5.41) is 21.3. The average Bonchev–Trinajstić information content (AvgIpc) is 2.86.